The monoisotopic (exact) mass is 239 g/mol. The smallest absolute Gasteiger partial charge is 0.338 e. The third kappa shape index (κ3) is 3.96. The summed E-state index contributed by atoms with van der Waals surface area (Å²) in [7, 11) is 1.48. The van der Waals surface area contributed by atoms with E-state index in [0.717, 1.165) is 0 Å². The molecule has 5 heteroatoms. The molecule has 3 N–H and O–H groups in total. The van der Waals surface area contributed by atoms with Crippen molar-refractivity contribution in [3.05, 3.63) is 23.8 Å². The SMILES string of the molecule is COc1cc(C(=O)OCCC(C)O)ccc1N. The average Bonchev–Trinajstić information content (AvgIpc) is 2.29. The molecule has 0 aromatic heterocycles. The second kappa shape index (κ2) is 6.10. The number of hydrogen-bond acceptors (Lipinski definition) is 5. The molecule has 0 spiro atoms. The third-order valence-electron chi connectivity index (χ3n) is 2.24. The maximum atomic E-state index is 11.6. The number of hydrogen-bond donors (Lipinski definition) is 2. The van der Waals surface area contributed by atoms with Crippen LogP contribution in [0.5, 0.6) is 5.75 Å². The van der Waals surface area contributed by atoms with Crippen LogP contribution in [0.1, 0.15) is 23.7 Å². The summed E-state index contributed by atoms with van der Waals surface area (Å²) in [6.07, 6.45) is -0.0681. The highest BCUT2D eigenvalue weighted by atomic mass is 16.5. The molecule has 0 heterocycles. The van der Waals surface area contributed by atoms with E-state index < -0.39 is 12.1 Å². The van der Waals surface area contributed by atoms with E-state index in [1.54, 1.807) is 19.1 Å². The molecule has 94 valence electrons. The van der Waals surface area contributed by atoms with Crippen molar-refractivity contribution in [3.63, 3.8) is 0 Å². The van der Waals surface area contributed by atoms with Crippen LogP contribution in [0.3, 0.4) is 0 Å². The lowest BCUT2D eigenvalue weighted by molar-refractivity contribution is 0.0444. The lowest BCUT2D eigenvalue weighted by atomic mass is 10.2. The summed E-state index contributed by atoms with van der Waals surface area (Å²) >= 11 is 0. The predicted molar refractivity (Wildman–Crippen MR) is 64.0 cm³/mol. The van der Waals surface area contributed by atoms with E-state index in [-0.39, 0.29) is 6.61 Å². The van der Waals surface area contributed by atoms with E-state index in [0.29, 0.717) is 23.4 Å². The van der Waals surface area contributed by atoms with Gasteiger partial charge in [-0.25, -0.2) is 4.79 Å². The Hall–Kier alpha value is -1.75. The van der Waals surface area contributed by atoms with E-state index in [4.69, 9.17) is 20.3 Å². The highest BCUT2D eigenvalue weighted by Crippen LogP contribution is 2.22. The molecule has 0 amide bonds. The molecule has 0 aliphatic heterocycles. The zero-order valence-corrected chi connectivity index (χ0v) is 9.97. The Bertz CT molecular complexity index is 390. The molecule has 0 bridgehead atoms. The highest BCUT2D eigenvalue weighted by Gasteiger charge is 2.10. The molecule has 1 atom stereocenters. The number of rotatable bonds is 5. The quantitative estimate of drug-likeness (QED) is 0.596. The largest absolute Gasteiger partial charge is 0.495 e. The van der Waals surface area contributed by atoms with Gasteiger partial charge in [-0.15, -0.1) is 0 Å². The number of carbonyl (C=O) groups is 1. The maximum Gasteiger partial charge on any atom is 0.338 e. The number of esters is 1. The Morgan fingerprint density at radius 3 is 2.82 bits per heavy atom. The lowest BCUT2D eigenvalue weighted by Gasteiger charge is -2.08. The first kappa shape index (κ1) is 13.3. The van der Waals surface area contributed by atoms with Gasteiger partial charge in [-0.3, -0.25) is 0 Å². The summed E-state index contributed by atoms with van der Waals surface area (Å²) in [5.74, 6) is -0.0149. The minimum Gasteiger partial charge on any atom is -0.495 e. The Morgan fingerprint density at radius 1 is 1.53 bits per heavy atom. The number of carbonyl (C=O) groups excluding carboxylic acids is 1. The van der Waals surface area contributed by atoms with Gasteiger partial charge in [0.15, 0.2) is 0 Å². The van der Waals surface area contributed by atoms with Crippen molar-refractivity contribution in [1.29, 1.82) is 0 Å². The Morgan fingerprint density at radius 2 is 2.24 bits per heavy atom. The highest BCUT2D eigenvalue weighted by molar-refractivity contribution is 5.90. The van der Waals surface area contributed by atoms with Crippen molar-refractivity contribution >= 4 is 11.7 Å². The first-order chi connectivity index (χ1) is 8.04. The van der Waals surface area contributed by atoms with E-state index in [2.05, 4.69) is 0 Å². The van der Waals surface area contributed by atoms with Gasteiger partial charge >= 0.3 is 5.97 Å². The minimum atomic E-state index is -0.483. The molecule has 1 aromatic rings. The zero-order valence-electron chi connectivity index (χ0n) is 9.97. The maximum absolute atomic E-state index is 11.6. The van der Waals surface area contributed by atoms with Crippen LogP contribution in [-0.4, -0.2) is 30.9 Å². The molecule has 1 rings (SSSR count). The summed E-state index contributed by atoms with van der Waals surface area (Å²) in [6, 6.07) is 4.69. The average molecular weight is 239 g/mol. The molecule has 0 saturated carbocycles. The predicted octanol–water partition coefficient (Wildman–Crippen LogP) is 1.21. The lowest BCUT2D eigenvalue weighted by Crippen LogP contribution is -2.11. The molecule has 0 aliphatic rings. The van der Waals surface area contributed by atoms with Gasteiger partial charge in [0.05, 0.1) is 31.1 Å². The summed E-state index contributed by atoms with van der Waals surface area (Å²) in [5, 5.41) is 9.03. The van der Waals surface area contributed by atoms with Crippen LogP contribution in [0.25, 0.3) is 0 Å². The molecule has 0 saturated heterocycles. The topological polar surface area (TPSA) is 81.8 Å². The van der Waals surface area contributed by atoms with Crippen molar-refractivity contribution in [1.82, 2.24) is 0 Å². The summed E-state index contributed by atoms with van der Waals surface area (Å²) < 4.78 is 9.99. The van der Waals surface area contributed by atoms with Gasteiger partial charge in [0.25, 0.3) is 0 Å². The van der Waals surface area contributed by atoms with Gasteiger partial charge in [-0.2, -0.15) is 0 Å². The summed E-state index contributed by atoms with van der Waals surface area (Å²) in [5.41, 5.74) is 6.47. The Kier molecular flexibility index (Phi) is 4.78. The van der Waals surface area contributed by atoms with Gasteiger partial charge < -0.3 is 20.3 Å². The molecule has 1 unspecified atom stereocenters. The molecular formula is C12H17NO4. The summed E-state index contributed by atoms with van der Waals surface area (Å²) in [4.78, 5) is 11.6. The van der Waals surface area contributed by atoms with Gasteiger partial charge in [-0.05, 0) is 25.1 Å². The number of anilines is 1. The number of nitrogens with two attached hydrogens (primary N) is 1. The standard InChI is InChI=1S/C12H17NO4/c1-8(14)5-6-17-12(15)9-3-4-10(13)11(7-9)16-2/h3-4,7-8,14H,5-6,13H2,1-2H3. The van der Waals surface area contributed by atoms with Crippen LogP contribution < -0.4 is 10.5 Å². The minimum absolute atomic E-state index is 0.184. The van der Waals surface area contributed by atoms with Crippen LogP contribution in [0.2, 0.25) is 0 Å². The Balaban J connectivity index is 2.63. The van der Waals surface area contributed by atoms with Crippen LogP contribution in [0.15, 0.2) is 18.2 Å². The number of benzene rings is 1. The number of ether oxygens (including phenoxy) is 2. The fraction of sp³-hybridized carbons (Fsp3) is 0.417. The molecular weight excluding hydrogens is 222 g/mol. The molecule has 0 aliphatic carbocycles. The molecule has 5 nitrogen and oxygen atoms in total. The van der Waals surface area contributed by atoms with Crippen molar-refractivity contribution in [2.24, 2.45) is 0 Å². The van der Waals surface area contributed by atoms with E-state index in [1.807, 2.05) is 0 Å². The number of aliphatic hydroxyl groups is 1. The van der Waals surface area contributed by atoms with Crippen molar-refractivity contribution < 1.29 is 19.4 Å². The zero-order chi connectivity index (χ0) is 12.8. The molecule has 1 aromatic carbocycles. The van der Waals surface area contributed by atoms with Crippen molar-refractivity contribution in [2.75, 3.05) is 19.5 Å². The van der Waals surface area contributed by atoms with E-state index >= 15 is 0 Å². The van der Waals surface area contributed by atoms with Gasteiger partial charge in [0.2, 0.25) is 0 Å². The van der Waals surface area contributed by atoms with Crippen LogP contribution in [0.4, 0.5) is 5.69 Å². The van der Waals surface area contributed by atoms with E-state index in [1.165, 1.54) is 13.2 Å². The Labute approximate surface area is 100 Å². The molecule has 17 heavy (non-hydrogen) atoms. The van der Waals surface area contributed by atoms with Crippen LogP contribution in [0, 0.1) is 0 Å². The van der Waals surface area contributed by atoms with Crippen molar-refractivity contribution in [3.8, 4) is 5.75 Å². The fourth-order valence-electron chi connectivity index (χ4n) is 1.24. The third-order valence-corrected chi connectivity index (χ3v) is 2.24. The van der Waals surface area contributed by atoms with Gasteiger partial charge in [0, 0.05) is 6.42 Å². The second-order valence-corrected chi connectivity index (χ2v) is 3.73. The van der Waals surface area contributed by atoms with Gasteiger partial charge in [-0.1, -0.05) is 0 Å². The second-order valence-electron chi connectivity index (χ2n) is 3.73. The number of methoxy groups -OCH3 is 1. The van der Waals surface area contributed by atoms with Crippen molar-refractivity contribution in [2.45, 2.75) is 19.4 Å². The first-order valence-corrected chi connectivity index (χ1v) is 5.33. The normalized spacial score (nSPS) is 11.9. The van der Waals surface area contributed by atoms with Gasteiger partial charge in [0.1, 0.15) is 5.75 Å². The van der Waals surface area contributed by atoms with Crippen LogP contribution >= 0.6 is 0 Å². The molecule has 0 fully saturated rings. The fourth-order valence-corrected chi connectivity index (χ4v) is 1.24. The molecule has 0 radical (unpaired) electrons. The number of aliphatic hydroxyl groups excluding tert-OH is 1. The van der Waals surface area contributed by atoms with E-state index in [9.17, 15) is 4.79 Å². The number of nitrogen functional groups attached to an aromatic ring is 1. The summed E-state index contributed by atoms with van der Waals surface area (Å²) in [6.45, 7) is 1.82. The van der Waals surface area contributed by atoms with Crippen LogP contribution in [-0.2, 0) is 4.74 Å². The first-order valence-electron chi connectivity index (χ1n) is 5.33.